The molecule has 4 heteroatoms. The predicted molar refractivity (Wildman–Crippen MR) is 72.6 cm³/mol. The molecule has 1 aromatic carbocycles. The zero-order valence-electron chi connectivity index (χ0n) is 11.2. The Bertz CT molecular complexity index is 416. The third-order valence-corrected chi connectivity index (χ3v) is 2.83. The van der Waals surface area contributed by atoms with Crippen LogP contribution >= 0.6 is 0 Å². The highest BCUT2D eigenvalue weighted by molar-refractivity contribution is 5.94. The fourth-order valence-corrected chi connectivity index (χ4v) is 1.85. The molecule has 0 bridgehead atoms. The third kappa shape index (κ3) is 4.04. The van der Waals surface area contributed by atoms with E-state index < -0.39 is 0 Å². The molecule has 1 rings (SSSR count). The summed E-state index contributed by atoms with van der Waals surface area (Å²) < 4.78 is 0. The van der Waals surface area contributed by atoms with Crippen LogP contribution in [0.15, 0.2) is 18.2 Å². The Labute approximate surface area is 108 Å². The Kier molecular flexibility index (Phi) is 5.16. The molecule has 0 aliphatic heterocycles. The molecule has 4 nitrogen and oxygen atoms in total. The quantitative estimate of drug-likeness (QED) is 0.746. The van der Waals surface area contributed by atoms with Crippen molar-refractivity contribution < 1.29 is 9.90 Å². The van der Waals surface area contributed by atoms with Gasteiger partial charge in [0, 0.05) is 18.2 Å². The van der Waals surface area contributed by atoms with Gasteiger partial charge >= 0.3 is 0 Å². The first kappa shape index (κ1) is 14.5. The summed E-state index contributed by atoms with van der Waals surface area (Å²) in [6.45, 7) is 6.39. The van der Waals surface area contributed by atoms with Gasteiger partial charge in [0.25, 0.3) is 5.91 Å². The van der Waals surface area contributed by atoms with Gasteiger partial charge in [-0.1, -0.05) is 13.8 Å². The van der Waals surface area contributed by atoms with Gasteiger partial charge in [0.15, 0.2) is 0 Å². The lowest BCUT2D eigenvalue weighted by atomic mass is 10.0. The average Bonchev–Trinajstić information content (AvgIpc) is 2.31. The Hall–Kier alpha value is -1.55. The van der Waals surface area contributed by atoms with E-state index in [9.17, 15) is 9.90 Å². The summed E-state index contributed by atoms with van der Waals surface area (Å²) in [5, 5.41) is 12.3. The molecule has 0 saturated heterocycles. The van der Waals surface area contributed by atoms with Gasteiger partial charge in [-0.05, 0) is 43.0 Å². The van der Waals surface area contributed by atoms with Crippen LogP contribution in [0.5, 0.6) is 5.75 Å². The molecule has 18 heavy (non-hydrogen) atoms. The zero-order chi connectivity index (χ0) is 13.7. The molecule has 100 valence electrons. The second kappa shape index (κ2) is 6.40. The second-order valence-electron chi connectivity index (χ2n) is 5.04. The van der Waals surface area contributed by atoms with E-state index in [1.165, 1.54) is 6.07 Å². The molecule has 0 aromatic heterocycles. The van der Waals surface area contributed by atoms with E-state index in [0.29, 0.717) is 23.6 Å². The Morgan fingerprint density at radius 2 is 2.11 bits per heavy atom. The van der Waals surface area contributed by atoms with Crippen molar-refractivity contribution in [3.05, 3.63) is 29.3 Å². The van der Waals surface area contributed by atoms with E-state index in [1.54, 1.807) is 19.1 Å². The minimum atomic E-state index is -0.144. The van der Waals surface area contributed by atoms with E-state index in [-0.39, 0.29) is 17.7 Å². The summed E-state index contributed by atoms with van der Waals surface area (Å²) in [5.74, 6) is 0.540. The maximum Gasteiger partial charge on any atom is 0.251 e. The normalized spacial score (nSPS) is 12.5. The zero-order valence-corrected chi connectivity index (χ0v) is 11.2. The molecular weight excluding hydrogens is 228 g/mol. The van der Waals surface area contributed by atoms with Crippen molar-refractivity contribution in [2.45, 2.75) is 33.2 Å². The molecule has 0 fully saturated rings. The lowest BCUT2D eigenvalue weighted by Crippen LogP contribution is -2.41. The number of benzene rings is 1. The maximum absolute atomic E-state index is 12.0. The number of nitrogens with one attached hydrogen (secondary N) is 1. The minimum Gasteiger partial charge on any atom is -0.508 e. The first-order chi connectivity index (χ1) is 8.43. The molecule has 0 saturated carbocycles. The number of rotatable bonds is 5. The topological polar surface area (TPSA) is 75.4 Å². The van der Waals surface area contributed by atoms with Crippen molar-refractivity contribution in [3.63, 3.8) is 0 Å². The molecule has 0 spiro atoms. The van der Waals surface area contributed by atoms with Crippen LogP contribution in [0.3, 0.4) is 0 Å². The van der Waals surface area contributed by atoms with Crippen LogP contribution in [0.25, 0.3) is 0 Å². The molecule has 0 aliphatic rings. The summed E-state index contributed by atoms with van der Waals surface area (Å²) in [7, 11) is 0. The van der Waals surface area contributed by atoms with Gasteiger partial charge in [-0.2, -0.15) is 0 Å². The van der Waals surface area contributed by atoms with Crippen LogP contribution in [-0.2, 0) is 0 Å². The fraction of sp³-hybridized carbons (Fsp3) is 0.500. The summed E-state index contributed by atoms with van der Waals surface area (Å²) in [6.07, 6.45) is 0.860. The van der Waals surface area contributed by atoms with Gasteiger partial charge in [0.2, 0.25) is 0 Å². The summed E-state index contributed by atoms with van der Waals surface area (Å²) in [5.41, 5.74) is 6.89. The van der Waals surface area contributed by atoms with Gasteiger partial charge in [-0.25, -0.2) is 0 Å². The van der Waals surface area contributed by atoms with E-state index in [0.717, 1.165) is 6.42 Å². The molecule has 0 radical (unpaired) electrons. The van der Waals surface area contributed by atoms with Crippen LogP contribution in [0.4, 0.5) is 0 Å². The molecule has 0 heterocycles. The lowest BCUT2D eigenvalue weighted by molar-refractivity contribution is 0.0933. The van der Waals surface area contributed by atoms with Crippen molar-refractivity contribution in [1.29, 1.82) is 0 Å². The van der Waals surface area contributed by atoms with Crippen molar-refractivity contribution in [2.75, 3.05) is 6.54 Å². The van der Waals surface area contributed by atoms with Crippen molar-refractivity contribution >= 4 is 5.91 Å². The van der Waals surface area contributed by atoms with Crippen LogP contribution < -0.4 is 11.1 Å². The number of aryl methyl sites for hydroxylation is 1. The van der Waals surface area contributed by atoms with Crippen molar-refractivity contribution in [1.82, 2.24) is 5.32 Å². The lowest BCUT2D eigenvalue weighted by Gasteiger charge is -2.19. The van der Waals surface area contributed by atoms with E-state index in [4.69, 9.17) is 5.73 Å². The van der Waals surface area contributed by atoms with Crippen LogP contribution in [0, 0.1) is 12.8 Å². The van der Waals surface area contributed by atoms with Crippen molar-refractivity contribution in [3.8, 4) is 5.75 Å². The molecule has 1 amide bonds. The first-order valence-electron chi connectivity index (χ1n) is 6.24. The standard InChI is InChI=1S/C14H22N2O2/c1-9(2)6-12(8-15)16-14(18)11-4-5-13(17)10(3)7-11/h4-5,7,9,12,17H,6,8,15H2,1-3H3,(H,16,18). The number of hydrogen-bond donors (Lipinski definition) is 3. The Balaban J connectivity index is 2.71. The smallest absolute Gasteiger partial charge is 0.251 e. The molecule has 0 aliphatic carbocycles. The molecule has 4 N–H and O–H groups in total. The Morgan fingerprint density at radius 1 is 1.44 bits per heavy atom. The number of carbonyl (C=O) groups excluding carboxylic acids is 1. The third-order valence-electron chi connectivity index (χ3n) is 2.83. The van der Waals surface area contributed by atoms with Gasteiger partial charge < -0.3 is 16.2 Å². The number of phenolic OH excluding ortho intramolecular Hbond substituents is 1. The van der Waals surface area contributed by atoms with Crippen LogP contribution in [-0.4, -0.2) is 23.6 Å². The van der Waals surface area contributed by atoms with E-state index in [2.05, 4.69) is 19.2 Å². The predicted octanol–water partition coefficient (Wildman–Crippen LogP) is 1.80. The number of amides is 1. The SMILES string of the molecule is Cc1cc(C(=O)NC(CN)CC(C)C)ccc1O. The van der Waals surface area contributed by atoms with Gasteiger partial charge in [-0.3, -0.25) is 4.79 Å². The van der Waals surface area contributed by atoms with Gasteiger partial charge in [0.05, 0.1) is 0 Å². The fourth-order valence-electron chi connectivity index (χ4n) is 1.85. The number of hydrogen-bond acceptors (Lipinski definition) is 3. The monoisotopic (exact) mass is 250 g/mol. The highest BCUT2D eigenvalue weighted by Crippen LogP contribution is 2.17. The first-order valence-corrected chi connectivity index (χ1v) is 6.24. The summed E-state index contributed by atoms with van der Waals surface area (Å²) in [6, 6.07) is 4.81. The summed E-state index contributed by atoms with van der Waals surface area (Å²) >= 11 is 0. The molecule has 1 atom stereocenters. The number of aromatic hydroxyl groups is 1. The number of phenols is 1. The second-order valence-corrected chi connectivity index (χ2v) is 5.04. The molecular formula is C14H22N2O2. The largest absolute Gasteiger partial charge is 0.508 e. The summed E-state index contributed by atoms with van der Waals surface area (Å²) in [4.78, 5) is 12.0. The van der Waals surface area contributed by atoms with Gasteiger partial charge in [-0.15, -0.1) is 0 Å². The Morgan fingerprint density at radius 3 is 2.61 bits per heavy atom. The van der Waals surface area contributed by atoms with E-state index >= 15 is 0 Å². The van der Waals surface area contributed by atoms with Gasteiger partial charge in [0.1, 0.15) is 5.75 Å². The molecule has 1 unspecified atom stereocenters. The number of carbonyl (C=O) groups is 1. The minimum absolute atomic E-state index is 0.00777. The highest BCUT2D eigenvalue weighted by Gasteiger charge is 2.14. The average molecular weight is 250 g/mol. The number of nitrogens with two attached hydrogens (primary N) is 1. The van der Waals surface area contributed by atoms with E-state index in [1.807, 2.05) is 0 Å². The van der Waals surface area contributed by atoms with Crippen molar-refractivity contribution in [2.24, 2.45) is 11.7 Å². The van der Waals surface area contributed by atoms with Crippen LogP contribution in [0.1, 0.15) is 36.2 Å². The highest BCUT2D eigenvalue weighted by atomic mass is 16.3. The molecule has 1 aromatic rings. The van der Waals surface area contributed by atoms with Crippen LogP contribution in [0.2, 0.25) is 0 Å². The maximum atomic E-state index is 12.0.